The first-order valence-corrected chi connectivity index (χ1v) is 19.9. The Hall–Kier alpha value is -3.47. The number of benzene rings is 4. The first-order valence-electron chi connectivity index (χ1n) is 18.1. The van der Waals surface area contributed by atoms with Gasteiger partial charge in [0.1, 0.15) is 11.8 Å². The molecule has 1 aliphatic carbocycles. The largest absolute Gasteiger partial charge is 0.490 e. The van der Waals surface area contributed by atoms with Gasteiger partial charge in [-0.3, -0.25) is 9.69 Å². The Morgan fingerprint density at radius 1 is 0.800 bits per heavy atom. The lowest BCUT2D eigenvalue weighted by Gasteiger charge is -2.45. The van der Waals surface area contributed by atoms with Crippen molar-refractivity contribution in [3.8, 4) is 16.9 Å². The number of rotatable bonds is 8. The highest BCUT2D eigenvalue weighted by Gasteiger charge is 2.48. The van der Waals surface area contributed by atoms with Gasteiger partial charge in [0, 0.05) is 49.3 Å². The molecule has 4 fully saturated rings. The van der Waals surface area contributed by atoms with Crippen LogP contribution in [0.2, 0.25) is 5.02 Å². The van der Waals surface area contributed by atoms with Crippen molar-refractivity contribution in [2.45, 2.75) is 93.1 Å². The van der Waals surface area contributed by atoms with Crippen LogP contribution in [-0.4, -0.2) is 78.3 Å². The molecule has 3 aliphatic heterocycles. The first kappa shape index (κ1) is 33.7. The summed E-state index contributed by atoms with van der Waals surface area (Å²) in [6.45, 7) is 1.71. The van der Waals surface area contributed by atoms with Crippen LogP contribution in [0, 0.1) is 0 Å². The molecule has 4 aliphatic rings. The Bertz CT molecular complexity index is 1950. The van der Waals surface area contributed by atoms with E-state index in [4.69, 9.17) is 22.1 Å². The van der Waals surface area contributed by atoms with E-state index in [-0.39, 0.29) is 41.6 Å². The summed E-state index contributed by atoms with van der Waals surface area (Å²) in [7, 11) is -3.98. The number of nitrogens with zero attached hydrogens (tertiary/aromatic N) is 3. The fourth-order valence-corrected chi connectivity index (χ4v) is 10.4. The minimum atomic E-state index is -3.98. The van der Waals surface area contributed by atoms with E-state index in [0.717, 1.165) is 71.7 Å². The topological polar surface area (TPSA) is 96.2 Å². The molecule has 0 spiro atoms. The van der Waals surface area contributed by atoms with Crippen LogP contribution in [0.4, 0.5) is 0 Å². The number of carbonyl (C=O) groups is 1. The van der Waals surface area contributed by atoms with Gasteiger partial charge in [0.2, 0.25) is 15.9 Å². The summed E-state index contributed by atoms with van der Waals surface area (Å²) in [4.78, 5) is 19.0. The Kier molecular flexibility index (Phi) is 9.37. The van der Waals surface area contributed by atoms with Crippen LogP contribution in [0.3, 0.4) is 0 Å². The van der Waals surface area contributed by atoms with E-state index in [2.05, 4.69) is 29.2 Å². The van der Waals surface area contributed by atoms with Crippen molar-refractivity contribution in [2.24, 2.45) is 5.73 Å². The molecule has 8 rings (SSSR count). The van der Waals surface area contributed by atoms with Gasteiger partial charge in [-0.1, -0.05) is 60.1 Å². The zero-order chi connectivity index (χ0) is 34.4. The second-order valence-electron chi connectivity index (χ2n) is 14.6. The van der Waals surface area contributed by atoms with E-state index in [9.17, 15) is 13.2 Å². The Morgan fingerprint density at radius 2 is 1.44 bits per heavy atom. The van der Waals surface area contributed by atoms with Crippen LogP contribution in [0.1, 0.15) is 56.9 Å². The number of piperidine rings is 1. The number of carbonyl (C=O) groups excluding carboxylic acids is 1. The predicted molar refractivity (Wildman–Crippen MR) is 198 cm³/mol. The van der Waals surface area contributed by atoms with Crippen molar-refractivity contribution < 1.29 is 17.9 Å². The SMILES string of the molecule is NC1CC2CCC(C1)N2C(=O)[C@@H]1CN(Cc2ccc(-c3ccc(Cl)cc3)cc2)CCN1S(=O)(=O)c1ccc2cc(OC3CCCC3)ccc2c1. The van der Waals surface area contributed by atoms with Crippen LogP contribution in [-0.2, 0) is 21.4 Å². The number of hydrogen-bond acceptors (Lipinski definition) is 6. The summed E-state index contributed by atoms with van der Waals surface area (Å²) >= 11 is 6.08. The molecule has 0 radical (unpaired) electrons. The molecular formula is C40H45ClN4O4S. The number of fused-ring (bicyclic) bond motifs is 3. The smallest absolute Gasteiger partial charge is 0.243 e. The van der Waals surface area contributed by atoms with Crippen molar-refractivity contribution in [1.82, 2.24) is 14.1 Å². The summed E-state index contributed by atoms with van der Waals surface area (Å²) in [5, 5.41) is 2.46. The van der Waals surface area contributed by atoms with E-state index in [1.54, 1.807) is 12.1 Å². The van der Waals surface area contributed by atoms with E-state index in [1.165, 1.54) is 17.1 Å². The molecule has 262 valence electrons. The van der Waals surface area contributed by atoms with Crippen LogP contribution in [0.15, 0.2) is 89.8 Å². The van der Waals surface area contributed by atoms with Crippen molar-refractivity contribution in [3.05, 3.63) is 95.5 Å². The predicted octanol–water partition coefficient (Wildman–Crippen LogP) is 6.84. The van der Waals surface area contributed by atoms with Gasteiger partial charge in [-0.2, -0.15) is 4.31 Å². The third-order valence-electron chi connectivity index (χ3n) is 11.3. The van der Waals surface area contributed by atoms with Gasteiger partial charge >= 0.3 is 0 Å². The van der Waals surface area contributed by atoms with E-state index < -0.39 is 16.1 Å². The lowest BCUT2D eigenvalue weighted by atomic mass is 9.97. The summed E-state index contributed by atoms with van der Waals surface area (Å²) in [5.74, 6) is 0.725. The van der Waals surface area contributed by atoms with Crippen LogP contribution in [0.5, 0.6) is 5.75 Å². The lowest BCUT2D eigenvalue weighted by molar-refractivity contribution is -0.142. The molecule has 3 saturated heterocycles. The molecule has 50 heavy (non-hydrogen) atoms. The van der Waals surface area contributed by atoms with Crippen LogP contribution < -0.4 is 10.5 Å². The molecule has 3 atom stereocenters. The zero-order valence-electron chi connectivity index (χ0n) is 28.3. The quantitative estimate of drug-likeness (QED) is 0.215. The molecule has 0 aromatic heterocycles. The Labute approximate surface area is 300 Å². The maximum atomic E-state index is 14.6. The minimum Gasteiger partial charge on any atom is -0.490 e. The summed E-state index contributed by atoms with van der Waals surface area (Å²) < 4.78 is 36.7. The van der Waals surface area contributed by atoms with E-state index in [0.29, 0.717) is 24.7 Å². The number of amides is 1. The second-order valence-corrected chi connectivity index (χ2v) is 17.0. The average Bonchev–Trinajstić information content (AvgIpc) is 3.73. The molecule has 4 aromatic rings. The van der Waals surface area contributed by atoms with Crippen LogP contribution >= 0.6 is 11.6 Å². The standard InChI is InChI=1S/C40H45ClN4O4S/c41-32-13-9-29(10-14-32)28-7-5-27(6-8-28)25-43-19-20-44(39(26-43)40(46)45-34-15-16-35(45)24-33(42)23-34)50(47,48)38-18-12-30-21-37(17-11-31(30)22-38)49-36-3-1-2-4-36/h5-14,17-18,21-22,33-36,39H,1-4,15-16,19-20,23-26,42H2/t33?,34?,35?,39-/m0/s1. The molecule has 2 bridgehead atoms. The van der Waals surface area contributed by atoms with Gasteiger partial charge in [-0.05, 0) is 115 Å². The highest BCUT2D eigenvalue weighted by molar-refractivity contribution is 7.89. The van der Waals surface area contributed by atoms with Crippen LogP contribution in [0.25, 0.3) is 21.9 Å². The number of hydrogen-bond donors (Lipinski definition) is 1. The fraction of sp³-hybridized carbons (Fsp3) is 0.425. The van der Waals surface area contributed by atoms with Gasteiger partial charge in [0.25, 0.3) is 0 Å². The monoisotopic (exact) mass is 712 g/mol. The van der Waals surface area contributed by atoms with E-state index >= 15 is 0 Å². The van der Waals surface area contributed by atoms with Gasteiger partial charge in [0.15, 0.2) is 0 Å². The zero-order valence-corrected chi connectivity index (χ0v) is 29.9. The highest BCUT2D eigenvalue weighted by Crippen LogP contribution is 2.37. The summed E-state index contributed by atoms with van der Waals surface area (Å²) in [5.41, 5.74) is 9.66. The second kappa shape index (κ2) is 13.9. The van der Waals surface area contributed by atoms with Gasteiger partial charge in [-0.25, -0.2) is 8.42 Å². The van der Waals surface area contributed by atoms with Gasteiger partial charge in [0.05, 0.1) is 11.0 Å². The molecule has 3 heterocycles. The Balaban J connectivity index is 1.04. The molecule has 2 unspecified atom stereocenters. The summed E-state index contributed by atoms with van der Waals surface area (Å²) in [6.07, 6.45) is 8.17. The Morgan fingerprint density at radius 3 is 2.14 bits per heavy atom. The molecular weight excluding hydrogens is 668 g/mol. The maximum absolute atomic E-state index is 14.6. The first-order chi connectivity index (χ1) is 24.2. The normalized spacial score (nSPS) is 25.0. The number of piperazine rings is 1. The highest BCUT2D eigenvalue weighted by atomic mass is 35.5. The number of halogens is 1. The number of sulfonamides is 1. The number of nitrogens with two attached hydrogens (primary N) is 1. The molecule has 8 nitrogen and oxygen atoms in total. The molecule has 1 saturated carbocycles. The van der Waals surface area contributed by atoms with Crippen molar-refractivity contribution in [3.63, 3.8) is 0 Å². The van der Waals surface area contributed by atoms with Crippen molar-refractivity contribution in [1.29, 1.82) is 0 Å². The van der Waals surface area contributed by atoms with Crippen molar-refractivity contribution in [2.75, 3.05) is 19.6 Å². The minimum absolute atomic E-state index is 0.0675. The number of ether oxygens (including phenoxy) is 1. The third-order valence-corrected chi connectivity index (χ3v) is 13.4. The van der Waals surface area contributed by atoms with E-state index in [1.807, 2.05) is 53.4 Å². The lowest BCUT2D eigenvalue weighted by Crippen LogP contribution is -2.63. The van der Waals surface area contributed by atoms with Gasteiger partial charge < -0.3 is 15.4 Å². The molecule has 1 amide bonds. The molecule has 10 heteroatoms. The van der Waals surface area contributed by atoms with Crippen molar-refractivity contribution >= 4 is 38.3 Å². The van der Waals surface area contributed by atoms with Gasteiger partial charge in [-0.15, -0.1) is 0 Å². The average molecular weight is 713 g/mol. The third kappa shape index (κ3) is 6.78. The summed E-state index contributed by atoms with van der Waals surface area (Å²) in [6, 6.07) is 26.7. The maximum Gasteiger partial charge on any atom is 0.243 e. The fourth-order valence-electron chi connectivity index (χ4n) is 8.68. The molecule has 4 aromatic carbocycles. The molecule has 2 N–H and O–H groups in total.